The number of methoxy groups -OCH3 is 1. The Hall–Kier alpha value is -0.620. The van der Waals surface area contributed by atoms with Crippen LogP contribution < -0.4 is 10.5 Å². The van der Waals surface area contributed by atoms with Crippen LogP contribution >= 0.6 is 15.9 Å². The molecular weight excluding hydrogens is 322 g/mol. The summed E-state index contributed by atoms with van der Waals surface area (Å²) in [6, 6.07) is 6.09. The normalized spacial score (nSPS) is 12.4. The van der Waals surface area contributed by atoms with E-state index in [1.807, 2.05) is 25.1 Å². The van der Waals surface area contributed by atoms with E-state index in [2.05, 4.69) is 15.9 Å². The minimum absolute atomic E-state index is 0.130. The van der Waals surface area contributed by atoms with E-state index in [1.165, 1.54) is 5.56 Å². The maximum Gasteiger partial charge on any atom is 0.119 e. The topological polar surface area (TPSA) is 53.7 Å². The Bertz CT molecular complexity index is 385. The third-order valence-corrected chi connectivity index (χ3v) is 3.47. The molecule has 1 unspecified atom stereocenters. The van der Waals surface area contributed by atoms with Crippen molar-refractivity contribution < 1.29 is 14.2 Å². The highest BCUT2D eigenvalue weighted by molar-refractivity contribution is 9.10. The minimum atomic E-state index is 0.130. The van der Waals surface area contributed by atoms with Crippen LogP contribution in [-0.2, 0) is 15.9 Å². The number of hydrogen-bond acceptors (Lipinski definition) is 4. The summed E-state index contributed by atoms with van der Waals surface area (Å²) >= 11 is 3.53. The smallest absolute Gasteiger partial charge is 0.119 e. The van der Waals surface area contributed by atoms with Crippen LogP contribution in [0.5, 0.6) is 5.75 Å². The van der Waals surface area contributed by atoms with Crippen molar-refractivity contribution in [3.63, 3.8) is 0 Å². The summed E-state index contributed by atoms with van der Waals surface area (Å²) in [6.07, 6.45) is 1.73. The SMILES string of the molecule is COCCCOCCOc1ccc(Br)c(CC(C)N)c1. The number of ether oxygens (including phenoxy) is 3. The summed E-state index contributed by atoms with van der Waals surface area (Å²) in [5.74, 6) is 0.851. The van der Waals surface area contributed by atoms with Gasteiger partial charge in [-0.15, -0.1) is 0 Å². The summed E-state index contributed by atoms with van der Waals surface area (Å²) in [7, 11) is 1.69. The Kier molecular flexibility index (Phi) is 8.85. The van der Waals surface area contributed by atoms with E-state index < -0.39 is 0 Å². The van der Waals surface area contributed by atoms with Crippen molar-refractivity contribution in [2.75, 3.05) is 33.5 Å². The van der Waals surface area contributed by atoms with Crippen molar-refractivity contribution in [1.29, 1.82) is 0 Å². The Balaban J connectivity index is 2.29. The molecule has 0 aromatic heterocycles. The lowest BCUT2D eigenvalue weighted by Crippen LogP contribution is -2.18. The van der Waals surface area contributed by atoms with Gasteiger partial charge in [0.1, 0.15) is 12.4 Å². The van der Waals surface area contributed by atoms with E-state index in [1.54, 1.807) is 7.11 Å². The molecule has 0 heterocycles. The molecule has 0 amide bonds. The Labute approximate surface area is 129 Å². The van der Waals surface area contributed by atoms with Crippen LogP contribution in [0.25, 0.3) is 0 Å². The van der Waals surface area contributed by atoms with E-state index in [4.69, 9.17) is 19.9 Å². The van der Waals surface area contributed by atoms with Crippen LogP contribution in [0.3, 0.4) is 0 Å². The molecule has 0 bridgehead atoms. The molecule has 4 nitrogen and oxygen atoms in total. The van der Waals surface area contributed by atoms with Crippen molar-refractivity contribution in [3.05, 3.63) is 28.2 Å². The van der Waals surface area contributed by atoms with Crippen molar-refractivity contribution >= 4 is 15.9 Å². The fourth-order valence-corrected chi connectivity index (χ4v) is 2.18. The van der Waals surface area contributed by atoms with E-state index in [0.717, 1.165) is 29.7 Å². The molecular formula is C15H24BrNO3. The van der Waals surface area contributed by atoms with E-state index in [-0.39, 0.29) is 6.04 Å². The van der Waals surface area contributed by atoms with Crippen LogP contribution in [0.4, 0.5) is 0 Å². The van der Waals surface area contributed by atoms with Crippen LogP contribution in [0.15, 0.2) is 22.7 Å². The molecule has 1 aromatic rings. The van der Waals surface area contributed by atoms with Crippen molar-refractivity contribution in [2.45, 2.75) is 25.8 Å². The van der Waals surface area contributed by atoms with Gasteiger partial charge in [-0.25, -0.2) is 0 Å². The van der Waals surface area contributed by atoms with Crippen LogP contribution in [0, 0.1) is 0 Å². The molecule has 114 valence electrons. The number of benzene rings is 1. The second-order valence-corrected chi connectivity index (χ2v) is 5.60. The highest BCUT2D eigenvalue weighted by atomic mass is 79.9. The molecule has 0 aliphatic carbocycles. The van der Waals surface area contributed by atoms with Gasteiger partial charge in [0.25, 0.3) is 0 Å². The second-order valence-electron chi connectivity index (χ2n) is 4.74. The highest BCUT2D eigenvalue weighted by Gasteiger charge is 2.05. The first-order valence-corrected chi connectivity index (χ1v) is 7.66. The first kappa shape index (κ1) is 17.4. The maximum atomic E-state index is 5.83. The lowest BCUT2D eigenvalue weighted by molar-refractivity contribution is 0.0806. The predicted molar refractivity (Wildman–Crippen MR) is 84.3 cm³/mol. The molecule has 0 saturated heterocycles. The van der Waals surface area contributed by atoms with Gasteiger partial charge in [0, 0.05) is 30.8 Å². The first-order valence-electron chi connectivity index (χ1n) is 6.87. The quantitative estimate of drug-likeness (QED) is 0.662. The zero-order valence-electron chi connectivity index (χ0n) is 12.2. The third kappa shape index (κ3) is 7.24. The number of nitrogens with two attached hydrogens (primary N) is 1. The van der Waals surface area contributed by atoms with Gasteiger partial charge in [0.15, 0.2) is 0 Å². The monoisotopic (exact) mass is 345 g/mol. The maximum absolute atomic E-state index is 5.83. The fraction of sp³-hybridized carbons (Fsp3) is 0.600. The van der Waals surface area contributed by atoms with Crippen molar-refractivity contribution in [1.82, 2.24) is 0 Å². The van der Waals surface area contributed by atoms with E-state index in [9.17, 15) is 0 Å². The molecule has 0 aliphatic rings. The summed E-state index contributed by atoms with van der Waals surface area (Å²) in [4.78, 5) is 0. The zero-order valence-corrected chi connectivity index (χ0v) is 13.8. The molecule has 2 N–H and O–H groups in total. The predicted octanol–water partition coefficient (Wildman–Crippen LogP) is 2.77. The van der Waals surface area contributed by atoms with Gasteiger partial charge in [0.2, 0.25) is 0 Å². The number of halogens is 1. The van der Waals surface area contributed by atoms with Crippen LogP contribution in [0.2, 0.25) is 0 Å². The molecule has 1 atom stereocenters. The third-order valence-electron chi connectivity index (χ3n) is 2.69. The van der Waals surface area contributed by atoms with Crippen molar-refractivity contribution in [2.24, 2.45) is 5.73 Å². The Morgan fingerprint density at radius 3 is 2.70 bits per heavy atom. The molecule has 0 radical (unpaired) electrons. The standard InChI is InChI=1S/C15H24BrNO3/c1-12(17)10-13-11-14(4-5-15(13)16)20-9-8-19-7-3-6-18-2/h4-5,11-12H,3,6-10,17H2,1-2H3. The van der Waals surface area contributed by atoms with Gasteiger partial charge in [-0.3, -0.25) is 0 Å². The molecule has 0 fully saturated rings. The molecule has 1 aromatic carbocycles. The molecule has 20 heavy (non-hydrogen) atoms. The lowest BCUT2D eigenvalue weighted by Gasteiger charge is -2.11. The fourth-order valence-electron chi connectivity index (χ4n) is 1.77. The van der Waals surface area contributed by atoms with E-state index in [0.29, 0.717) is 19.8 Å². The average Bonchev–Trinajstić information content (AvgIpc) is 2.40. The number of rotatable bonds is 10. The van der Waals surface area contributed by atoms with E-state index >= 15 is 0 Å². The molecule has 1 rings (SSSR count). The average molecular weight is 346 g/mol. The van der Waals surface area contributed by atoms with Crippen molar-refractivity contribution in [3.8, 4) is 5.75 Å². The summed E-state index contributed by atoms with van der Waals surface area (Å²) in [5, 5.41) is 0. The molecule has 0 saturated carbocycles. The van der Waals surface area contributed by atoms with Crippen LogP contribution in [0.1, 0.15) is 18.9 Å². The lowest BCUT2D eigenvalue weighted by atomic mass is 10.1. The van der Waals surface area contributed by atoms with Gasteiger partial charge in [-0.05, 0) is 43.5 Å². The Morgan fingerprint density at radius 2 is 2.00 bits per heavy atom. The Morgan fingerprint density at radius 1 is 1.20 bits per heavy atom. The van der Waals surface area contributed by atoms with Crippen LogP contribution in [-0.4, -0.2) is 39.6 Å². The highest BCUT2D eigenvalue weighted by Crippen LogP contribution is 2.23. The summed E-state index contributed by atoms with van der Waals surface area (Å²) in [5.41, 5.74) is 7.00. The molecule has 0 aliphatic heterocycles. The van der Waals surface area contributed by atoms with Gasteiger partial charge in [-0.1, -0.05) is 15.9 Å². The summed E-state index contributed by atoms with van der Waals surface area (Å²) < 4.78 is 17.1. The molecule has 5 heteroatoms. The minimum Gasteiger partial charge on any atom is -0.491 e. The number of hydrogen-bond donors (Lipinski definition) is 1. The second kappa shape index (κ2) is 10.2. The summed E-state index contributed by atoms with van der Waals surface area (Å²) in [6.45, 7) is 4.56. The zero-order chi connectivity index (χ0) is 14.8. The van der Waals surface area contributed by atoms with Gasteiger partial charge < -0.3 is 19.9 Å². The first-order chi connectivity index (χ1) is 9.63. The van der Waals surface area contributed by atoms with Gasteiger partial charge >= 0.3 is 0 Å². The largest absolute Gasteiger partial charge is 0.491 e. The molecule has 0 spiro atoms. The van der Waals surface area contributed by atoms with Gasteiger partial charge in [-0.2, -0.15) is 0 Å². The van der Waals surface area contributed by atoms with Gasteiger partial charge in [0.05, 0.1) is 6.61 Å².